The number of hydrogen-bond acceptors (Lipinski definition) is 7. The number of carboxylic acids is 2. The average molecular weight is 368 g/mol. The molecule has 0 spiro atoms. The van der Waals surface area contributed by atoms with Gasteiger partial charge in [0.25, 0.3) is 5.91 Å². The van der Waals surface area contributed by atoms with E-state index in [-0.39, 0.29) is 59.1 Å². The Morgan fingerprint density at radius 3 is 2.23 bits per heavy atom. The second-order valence-electron chi connectivity index (χ2n) is 4.70. The molecule has 0 radical (unpaired) electrons. The zero-order valence-corrected chi connectivity index (χ0v) is 17.6. The van der Waals surface area contributed by atoms with Gasteiger partial charge in [0.2, 0.25) is 0 Å². The molecule has 1 unspecified atom stereocenters. The Morgan fingerprint density at radius 1 is 1.36 bits per heavy atom. The van der Waals surface area contributed by atoms with Gasteiger partial charge in [0.1, 0.15) is 4.75 Å². The van der Waals surface area contributed by atoms with Crippen LogP contribution in [-0.4, -0.2) is 53.2 Å². The largest absolute Gasteiger partial charge is 1.00 e. The quantitative estimate of drug-likeness (QED) is 0.209. The molecule has 110 valence electrons. The number of rotatable bonds is 3. The zero-order chi connectivity index (χ0) is 15.5. The van der Waals surface area contributed by atoms with E-state index in [0.29, 0.717) is 11.0 Å². The van der Waals surface area contributed by atoms with Gasteiger partial charge in [-0.05, 0) is 13.0 Å². The second kappa shape index (κ2) is 7.10. The van der Waals surface area contributed by atoms with Crippen molar-refractivity contribution in [3.8, 4) is 0 Å². The molecule has 8 nitrogen and oxygen atoms in total. The second-order valence-corrected chi connectivity index (χ2v) is 7.43. The fourth-order valence-corrected chi connectivity index (χ4v) is 5.30. The summed E-state index contributed by atoms with van der Waals surface area (Å²) in [5.74, 6) is -5.08. The molecule has 2 heterocycles. The smallest absolute Gasteiger partial charge is 0.548 e. The number of nitrogens with zero attached hydrogens (tertiary/aromatic N) is 1. The maximum absolute atomic E-state index is 12.3. The van der Waals surface area contributed by atoms with Crippen LogP contribution in [0.4, 0.5) is 0 Å². The number of sulfone groups is 1. The predicted molar refractivity (Wildman–Crippen MR) is 60.6 cm³/mol. The minimum atomic E-state index is -4.21. The SMILES string of the molecule is C[C@]1(CCl)[C@H](C(=O)[O-])N2C(=O)/C(=C/C(=O)[O-])C2S1(=O)=O.[Na+].[Na+]. The summed E-state index contributed by atoms with van der Waals surface area (Å²) >= 11 is 5.58. The molecule has 2 aliphatic heterocycles. The van der Waals surface area contributed by atoms with Gasteiger partial charge in [-0.15, -0.1) is 11.6 Å². The van der Waals surface area contributed by atoms with Gasteiger partial charge >= 0.3 is 59.1 Å². The van der Waals surface area contributed by atoms with Gasteiger partial charge < -0.3 is 24.7 Å². The summed E-state index contributed by atoms with van der Waals surface area (Å²) in [5, 5.41) is 20.0. The monoisotopic (exact) mass is 367 g/mol. The zero-order valence-electron chi connectivity index (χ0n) is 12.0. The molecule has 2 rings (SSSR count). The van der Waals surface area contributed by atoms with Gasteiger partial charge in [0.15, 0.2) is 15.2 Å². The van der Waals surface area contributed by atoms with Crippen LogP contribution >= 0.6 is 11.6 Å². The predicted octanol–water partition coefficient (Wildman–Crippen LogP) is -9.62. The van der Waals surface area contributed by atoms with Crippen LogP contribution in [0.25, 0.3) is 0 Å². The first-order chi connectivity index (χ1) is 9.09. The summed E-state index contributed by atoms with van der Waals surface area (Å²) in [6, 6.07) is -1.76. The molecule has 0 aliphatic carbocycles. The Hall–Kier alpha value is 0.390. The fraction of sp³-hybridized carbons (Fsp3) is 0.500. The van der Waals surface area contributed by atoms with Crippen LogP contribution in [0, 0.1) is 0 Å². The molecule has 0 aromatic carbocycles. The number of amides is 1. The third-order valence-corrected chi connectivity index (χ3v) is 7.01. The summed E-state index contributed by atoms with van der Waals surface area (Å²) in [6.07, 6.45) is 0.355. The van der Waals surface area contributed by atoms with Crippen molar-refractivity contribution >= 4 is 39.3 Å². The number of carboxylic acid groups (broad SMARTS) is 2. The number of β-lactam (4-membered cyclic amide) rings is 1. The van der Waals surface area contributed by atoms with E-state index in [4.69, 9.17) is 11.6 Å². The Bertz CT molecular complexity index is 664. The van der Waals surface area contributed by atoms with E-state index in [1.807, 2.05) is 0 Å². The van der Waals surface area contributed by atoms with Gasteiger partial charge in [0.05, 0.1) is 23.6 Å². The number of fused-ring (bicyclic) bond motifs is 1. The number of aliphatic carboxylic acids is 2. The molecule has 0 aromatic rings. The molecule has 2 fully saturated rings. The molecule has 1 amide bonds. The van der Waals surface area contributed by atoms with Crippen molar-refractivity contribution < 1.29 is 92.1 Å². The molecule has 0 bridgehead atoms. The average Bonchev–Trinajstić information content (AvgIpc) is 2.50. The first-order valence-corrected chi connectivity index (χ1v) is 7.43. The Balaban J connectivity index is 0.00000220. The third-order valence-electron chi connectivity index (χ3n) is 3.56. The van der Waals surface area contributed by atoms with Crippen molar-refractivity contribution in [3.05, 3.63) is 11.6 Å². The standard InChI is InChI=1S/C10H10ClNO7S.2Na/c1-10(3-11)6(9(16)17)12-7(15)4(2-5(13)14)8(12)20(10,18)19;;/h2,6,8H,3H2,1H3,(H,13,14)(H,16,17);;/q;2*+1/p-2/b4-2-;;/t6-,8?,10-;;/m0../s1. The third kappa shape index (κ3) is 2.79. The summed E-state index contributed by atoms with van der Waals surface area (Å²) < 4.78 is 22.7. The van der Waals surface area contributed by atoms with Crippen molar-refractivity contribution in [1.82, 2.24) is 4.90 Å². The van der Waals surface area contributed by atoms with Crippen molar-refractivity contribution in [2.75, 3.05) is 5.88 Å². The van der Waals surface area contributed by atoms with Crippen LogP contribution in [0.3, 0.4) is 0 Å². The molecule has 12 heteroatoms. The van der Waals surface area contributed by atoms with Crippen LogP contribution in [-0.2, 0) is 24.2 Å². The molecule has 0 aromatic heterocycles. The number of carbonyl (C=O) groups excluding carboxylic acids is 3. The maximum Gasteiger partial charge on any atom is 1.00 e. The van der Waals surface area contributed by atoms with E-state index in [1.165, 1.54) is 0 Å². The topological polar surface area (TPSA) is 135 Å². The van der Waals surface area contributed by atoms with E-state index < -0.39 is 55.3 Å². The molecule has 0 N–H and O–H groups in total. The molecular formula is C10H8ClNNa2O7S. The Morgan fingerprint density at radius 2 is 1.86 bits per heavy atom. The van der Waals surface area contributed by atoms with Crippen molar-refractivity contribution in [1.29, 1.82) is 0 Å². The van der Waals surface area contributed by atoms with Crippen LogP contribution in [0.5, 0.6) is 0 Å². The molecule has 0 saturated carbocycles. The van der Waals surface area contributed by atoms with Gasteiger partial charge in [-0.3, -0.25) is 4.79 Å². The van der Waals surface area contributed by atoms with E-state index in [9.17, 15) is 33.0 Å². The number of hydrogen-bond donors (Lipinski definition) is 0. The van der Waals surface area contributed by atoms with Crippen molar-refractivity contribution in [2.24, 2.45) is 0 Å². The van der Waals surface area contributed by atoms with Crippen molar-refractivity contribution in [3.63, 3.8) is 0 Å². The van der Waals surface area contributed by atoms with E-state index in [0.717, 1.165) is 6.92 Å². The molecule has 22 heavy (non-hydrogen) atoms. The summed E-state index contributed by atoms with van der Waals surface area (Å²) in [6.45, 7) is 1.08. The minimum Gasteiger partial charge on any atom is -0.548 e. The van der Waals surface area contributed by atoms with Gasteiger partial charge in [-0.25, -0.2) is 8.42 Å². The van der Waals surface area contributed by atoms with Gasteiger partial charge in [-0.2, -0.15) is 0 Å². The van der Waals surface area contributed by atoms with E-state index in [2.05, 4.69) is 0 Å². The molecular weight excluding hydrogens is 360 g/mol. The fourth-order valence-electron chi connectivity index (χ4n) is 2.49. The van der Waals surface area contributed by atoms with Gasteiger partial charge in [0, 0.05) is 5.88 Å². The van der Waals surface area contributed by atoms with Crippen LogP contribution in [0.15, 0.2) is 11.6 Å². The molecule has 2 aliphatic rings. The number of alkyl halides is 1. The summed E-state index contributed by atoms with van der Waals surface area (Å²) in [5.41, 5.74) is -0.537. The normalized spacial score (nSPS) is 33.3. The minimum absolute atomic E-state index is 0. The first-order valence-electron chi connectivity index (χ1n) is 5.35. The maximum atomic E-state index is 12.3. The van der Waals surface area contributed by atoms with Crippen LogP contribution in [0.1, 0.15) is 6.92 Å². The van der Waals surface area contributed by atoms with E-state index in [1.54, 1.807) is 0 Å². The van der Waals surface area contributed by atoms with Gasteiger partial charge in [-0.1, -0.05) is 0 Å². The first kappa shape index (κ1) is 22.4. The van der Waals surface area contributed by atoms with Crippen LogP contribution in [0.2, 0.25) is 0 Å². The molecule has 3 atom stereocenters. The summed E-state index contributed by atoms with van der Waals surface area (Å²) in [7, 11) is -4.21. The number of halogens is 1. The molecule has 2 saturated heterocycles. The Kier molecular flexibility index (Phi) is 7.23. The summed E-state index contributed by atoms with van der Waals surface area (Å²) in [4.78, 5) is 34.0. The number of carbonyl (C=O) groups is 3. The van der Waals surface area contributed by atoms with Crippen LogP contribution < -0.4 is 69.3 Å². The van der Waals surface area contributed by atoms with Crippen molar-refractivity contribution in [2.45, 2.75) is 23.1 Å². The van der Waals surface area contributed by atoms with E-state index >= 15 is 0 Å². The Labute approximate surface area is 175 Å².